The lowest BCUT2D eigenvalue weighted by atomic mass is 10.3. The van der Waals surface area contributed by atoms with Gasteiger partial charge in [0.05, 0.1) is 5.69 Å². The van der Waals surface area contributed by atoms with E-state index in [2.05, 4.69) is 9.72 Å². The lowest BCUT2D eigenvalue weighted by Gasteiger charge is -2.07. The lowest BCUT2D eigenvalue weighted by Crippen LogP contribution is -2.22. The van der Waals surface area contributed by atoms with E-state index in [1.54, 1.807) is 6.07 Å². The molecule has 0 radical (unpaired) electrons. The summed E-state index contributed by atoms with van der Waals surface area (Å²) in [5, 5.41) is 1.97. The monoisotopic (exact) mass is 298 g/mol. The topological polar surface area (TPSA) is 71.2 Å². The van der Waals surface area contributed by atoms with Crippen molar-refractivity contribution in [3.8, 4) is 0 Å². The van der Waals surface area contributed by atoms with E-state index in [0.717, 1.165) is 6.07 Å². The highest BCUT2D eigenvalue weighted by molar-refractivity contribution is 5.94. The first-order chi connectivity index (χ1) is 9.99. The van der Waals surface area contributed by atoms with Crippen LogP contribution in [0.5, 0.6) is 0 Å². The summed E-state index contributed by atoms with van der Waals surface area (Å²) in [7, 11) is 0. The van der Waals surface area contributed by atoms with Crippen LogP contribution in [0.25, 0.3) is 0 Å². The van der Waals surface area contributed by atoms with Gasteiger partial charge in [0.15, 0.2) is 24.1 Å². The third-order valence-electron chi connectivity index (χ3n) is 2.46. The van der Waals surface area contributed by atoms with E-state index in [0.29, 0.717) is 6.07 Å². The van der Waals surface area contributed by atoms with Gasteiger partial charge in [-0.05, 0) is 24.3 Å². The Hall–Kier alpha value is -2.77. The maximum Gasteiger partial charge on any atom is 0.355 e. The first-order valence-electron chi connectivity index (χ1n) is 5.73. The molecule has 5 nitrogen and oxygen atoms in total. The Morgan fingerprint density at radius 1 is 1.14 bits per heavy atom. The third-order valence-corrected chi connectivity index (χ3v) is 2.46. The van der Waals surface area contributed by atoms with Crippen LogP contribution in [0.4, 0.5) is 18.9 Å². The molecule has 110 valence electrons. The largest absolute Gasteiger partial charge is 0.451 e. The molecule has 2 N–H and O–H groups in total. The van der Waals surface area contributed by atoms with Crippen LogP contribution in [0, 0.1) is 17.5 Å². The summed E-state index contributed by atoms with van der Waals surface area (Å²) in [6.07, 6.45) is 1.49. The van der Waals surface area contributed by atoms with Crippen molar-refractivity contribution < 1.29 is 27.5 Å². The summed E-state index contributed by atoms with van der Waals surface area (Å²) in [6, 6.07) is 4.53. The SMILES string of the molecule is O=C(COC(=O)c1ccc[nH]1)Nc1ccc(F)c(F)c1F. The van der Waals surface area contributed by atoms with Gasteiger partial charge in [-0.25, -0.2) is 18.0 Å². The van der Waals surface area contributed by atoms with Gasteiger partial charge < -0.3 is 15.0 Å². The highest BCUT2D eigenvalue weighted by Crippen LogP contribution is 2.19. The van der Waals surface area contributed by atoms with Crippen LogP contribution in [-0.4, -0.2) is 23.5 Å². The summed E-state index contributed by atoms with van der Waals surface area (Å²) < 4.78 is 43.6. The first-order valence-corrected chi connectivity index (χ1v) is 5.73. The number of aromatic nitrogens is 1. The first kappa shape index (κ1) is 14.6. The lowest BCUT2D eigenvalue weighted by molar-refractivity contribution is -0.119. The molecule has 8 heteroatoms. The fourth-order valence-electron chi connectivity index (χ4n) is 1.47. The highest BCUT2D eigenvalue weighted by atomic mass is 19.2. The number of ether oxygens (including phenoxy) is 1. The zero-order valence-corrected chi connectivity index (χ0v) is 10.5. The predicted octanol–water partition coefficient (Wildman–Crippen LogP) is 2.23. The quantitative estimate of drug-likeness (QED) is 0.671. The second-order valence-corrected chi connectivity index (χ2v) is 3.93. The zero-order chi connectivity index (χ0) is 15.4. The van der Waals surface area contributed by atoms with Gasteiger partial charge in [0.25, 0.3) is 5.91 Å². The fraction of sp³-hybridized carbons (Fsp3) is 0.0769. The van der Waals surface area contributed by atoms with Crippen LogP contribution in [-0.2, 0) is 9.53 Å². The molecule has 0 bridgehead atoms. The van der Waals surface area contributed by atoms with Gasteiger partial charge in [-0.3, -0.25) is 4.79 Å². The van der Waals surface area contributed by atoms with E-state index in [4.69, 9.17) is 0 Å². The molecular formula is C13H9F3N2O3. The summed E-state index contributed by atoms with van der Waals surface area (Å²) in [4.78, 5) is 25.4. The number of amides is 1. The van der Waals surface area contributed by atoms with E-state index >= 15 is 0 Å². The number of aromatic amines is 1. The van der Waals surface area contributed by atoms with Crippen LogP contribution in [0.3, 0.4) is 0 Å². The molecule has 1 amide bonds. The number of carbonyl (C=O) groups is 2. The maximum atomic E-state index is 13.3. The van der Waals surface area contributed by atoms with Gasteiger partial charge in [0, 0.05) is 6.20 Å². The molecule has 0 spiro atoms. The van der Waals surface area contributed by atoms with E-state index < -0.39 is 41.6 Å². The molecule has 0 atom stereocenters. The minimum Gasteiger partial charge on any atom is -0.451 e. The number of benzene rings is 1. The van der Waals surface area contributed by atoms with Crippen LogP contribution in [0.15, 0.2) is 30.5 Å². The second kappa shape index (κ2) is 6.12. The van der Waals surface area contributed by atoms with Crippen molar-refractivity contribution >= 4 is 17.6 Å². The molecule has 0 unspecified atom stereocenters. The number of hydrogen-bond acceptors (Lipinski definition) is 3. The normalized spacial score (nSPS) is 10.2. The van der Waals surface area contributed by atoms with E-state index in [1.807, 2.05) is 5.32 Å². The number of anilines is 1. The van der Waals surface area contributed by atoms with Crippen LogP contribution >= 0.6 is 0 Å². The Morgan fingerprint density at radius 3 is 2.57 bits per heavy atom. The number of esters is 1. The van der Waals surface area contributed by atoms with Crippen molar-refractivity contribution in [2.45, 2.75) is 0 Å². The molecule has 1 heterocycles. The molecule has 0 saturated carbocycles. The van der Waals surface area contributed by atoms with Crippen LogP contribution < -0.4 is 5.32 Å². The molecule has 1 aromatic heterocycles. The summed E-state index contributed by atoms with van der Waals surface area (Å²) in [6.45, 7) is -0.698. The van der Waals surface area contributed by atoms with Gasteiger partial charge in [0.2, 0.25) is 0 Å². The van der Waals surface area contributed by atoms with Gasteiger partial charge in [0.1, 0.15) is 5.69 Å². The smallest absolute Gasteiger partial charge is 0.355 e. The molecule has 1 aromatic carbocycles. The summed E-state index contributed by atoms with van der Waals surface area (Å²) >= 11 is 0. The van der Waals surface area contributed by atoms with E-state index in [9.17, 15) is 22.8 Å². The van der Waals surface area contributed by atoms with Crippen LogP contribution in [0.2, 0.25) is 0 Å². The van der Waals surface area contributed by atoms with Gasteiger partial charge >= 0.3 is 5.97 Å². The highest BCUT2D eigenvalue weighted by Gasteiger charge is 2.16. The number of rotatable bonds is 4. The average Bonchev–Trinajstić information content (AvgIpc) is 3.00. The number of carbonyl (C=O) groups excluding carboxylic acids is 2. The third kappa shape index (κ3) is 3.41. The molecule has 0 saturated heterocycles. The molecule has 2 aromatic rings. The maximum absolute atomic E-state index is 13.3. The molecule has 2 rings (SSSR count). The standard InChI is InChI=1S/C13H9F3N2O3/c14-7-3-4-8(12(16)11(7)15)18-10(19)6-21-13(20)9-2-1-5-17-9/h1-5,17H,6H2,(H,18,19). The molecule has 0 fully saturated rings. The Kier molecular flexibility index (Phi) is 4.27. The van der Waals surface area contributed by atoms with E-state index in [-0.39, 0.29) is 5.69 Å². The molecular weight excluding hydrogens is 289 g/mol. The van der Waals surface area contributed by atoms with Gasteiger partial charge in [-0.2, -0.15) is 0 Å². The van der Waals surface area contributed by atoms with Crippen molar-refractivity contribution in [1.82, 2.24) is 4.98 Å². The summed E-state index contributed by atoms with van der Waals surface area (Å²) in [5.41, 5.74) is -0.406. The van der Waals surface area contributed by atoms with Crippen molar-refractivity contribution in [3.05, 3.63) is 53.6 Å². The Bertz CT molecular complexity index is 672. The molecule has 0 aliphatic carbocycles. The van der Waals surface area contributed by atoms with Crippen molar-refractivity contribution in [3.63, 3.8) is 0 Å². The van der Waals surface area contributed by atoms with Crippen LogP contribution in [0.1, 0.15) is 10.5 Å². The zero-order valence-electron chi connectivity index (χ0n) is 10.5. The van der Waals surface area contributed by atoms with Crippen molar-refractivity contribution in [2.24, 2.45) is 0 Å². The Morgan fingerprint density at radius 2 is 1.90 bits per heavy atom. The van der Waals surface area contributed by atoms with Crippen molar-refractivity contribution in [1.29, 1.82) is 0 Å². The minimum atomic E-state index is -1.70. The average molecular weight is 298 g/mol. The molecule has 21 heavy (non-hydrogen) atoms. The van der Waals surface area contributed by atoms with Gasteiger partial charge in [-0.1, -0.05) is 0 Å². The van der Waals surface area contributed by atoms with Crippen molar-refractivity contribution in [2.75, 3.05) is 11.9 Å². The van der Waals surface area contributed by atoms with Gasteiger partial charge in [-0.15, -0.1) is 0 Å². The molecule has 0 aliphatic rings. The Balaban J connectivity index is 1.93. The number of halogens is 3. The second-order valence-electron chi connectivity index (χ2n) is 3.93. The summed E-state index contributed by atoms with van der Waals surface area (Å²) in [5.74, 6) is -6.26. The minimum absolute atomic E-state index is 0.141. The number of hydrogen-bond donors (Lipinski definition) is 2. The number of nitrogens with one attached hydrogen (secondary N) is 2. The number of H-pyrrole nitrogens is 1. The van der Waals surface area contributed by atoms with E-state index in [1.165, 1.54) is 12.3 Å². The fourth-order valence-corrected chi connectivity index (χ4v) is 1.47. The predicted molar refractivity (Wildman–Crippen MR) is 66.0 cm³/mol. The Labute approximate surface area is 116 Å². The molecule has 0 aliphatic heterocycles.